The third-order valence-electron chi connectivity index (χ3n) is 6.07. The lowest BCUT2D eigenvalue weighted by molar-refractivity contribution is -0.117. The Bertz CT molecular complexity index is 1310. The van der Waals surface area contributed by atoms with Crippen molar-refractivity contribution in [2.24, 2.45) is 0 Å². The van der Waals surface area contributed by atoms with Crippen LogP contribution in [0.25, 0.3) is 11.0 Å². The Balaban J connectivity index is 1.40. The maximum absolute atomic E-state index is 12.9. The van der Waals surface area contributed by atoms with E-state index in [0.29, 0.717) is 26.1 Å². The van der Waals surface area contributed by atoms with Gasteiger partial charge in [0.1, 0.15) is 18.2 Å². The Morgan fingerprint density at radius 1 is 1.03 bits per heavy atom. The number of halogens is 1. The van der Waals surface area contributed by atoms with Gasteiger partial charge in [-0.1, -0.05) is 40.2 Å². The number of amides is 1. The van der Waals surface area contributed by atoms with Gasteiger partial charge in [0.2, 0.25) is 5.91 Å². The number of hydrogen-bond donors (Lipinski definition) is 0. The lowest BCUT2D eigenvalue weighted by Crippen LogP contribution is -2.24. The van der Waals surface area contributed by atoms with Crippen LogP contribution in [0.4, 0.5) is 5.69 Å². The van der Waals surface area contributed by atoms with Crippen molar-refractivity contribution in [2.75, 3.05) is 18.1 Å². The number of ether oxygens (including phenoxy) is 1. The molecule has 1 aliphatic heterocycles. The van der Waals surface area contributed by atoms with Gasteiger partial charge in [-0.25, -0.2) is 4.98 Å². The molecule has 0 spiro atoms. The van der Waals surface area contributed by atoms with Crippen molar-refractivity contribution in [1.82, 2.24) is 9.55 Å². The maximum Gasteiger partial charge on any atom is 0.227 e. The number of para-hydroxylation sites is 2. The second kappa shape index (κ2) is 9.02. The van der Waals surface area contributed by atoms with E-state index in [0.717, 1.165) is 32.8 Å². The van der Waals surface area contributed by atoms with Crippen LogP contribution in [-0.2, 0) is 11.3 Å². The predicted octanol–water partition coefficient (Wildman–Crippen LogP) is 6.02. The Morgan fingerprint density at radius 2 is 1.82 bits per heavy atom. The summed E-state index contributed by atoms with van der Waals surface area (Å²) in [6.07, 6.45) is 0.452. The number of benzene rings is 3. The number of carbonyl (C=O) groups excluding carboxylic acids is 1. The first-order chi connectivity index (χ1) is 16.0. The minimum Gasteiger partial charge on any atom is -0.492 e. The normalized spacial score (nSPS) is 16.0. The van der Waals surface area contributed by atoms with E-state index >= 15 is 0 Å². The number of anilines is 1. The van der Waals surface area contributed by atoms with Gasteiger partial charge in [-0.2, -0.15) is 0 Å². The Hall–Kier alpha value is -3.12. The van der Waals surface area contributed by atoms with Crippen LogP contribution in [-0.4, -0.2) is 28.6 Å². The van der Waals surface area contributed by atoms with E-state index in [1.165, 1.54) is 11.1 Å². The summed E-state index contributed by atoms with van der Waals surface area (Å²) in [4.78, 5) is 19.7. The summed E-state index contributed by atoms with van der Waals surface area (Å²) in [5.74, 6) is 2.00. The van der Waals surface area contributed by atoms with Crippen LogP contribution in [0.3, 0.4) is 0 Å². The highest BCUT2D eigenvalue weighted by molar-refractivity contribution is 9.10. The zero-order chi connectivity index (χ0) is 22.9. The zero-order valence-electron chi connectivity index (χ0n) is 18.8. The number of rotatable bonds is 6. The molecule has 2 heterocycles. The van der Waals surface area contributed by atoms with Crippen molar-refractivity contribution in [3.63, 3.8) is 0 Å². The highest BCUT2D eigenvalue weighted by atomic mass is 79.9. The van der Waals surface area contributed by atoms with Crippen LogP contribution >= 0.6 is 15.9 Å². The van der Waals surface area contributed by atoms with Crippen LogP contribution in [0, 0.1) is 13.8 Å². The minimum atomic E-state index is 0.0325. The largest absolute Gasteiger partial charge is 0.492 e. The fourth-order valence-electron chi connectivity index (χ4n) is 4.69. The van der Waals surface area contributed by atoms with Gasteiger partial charge in [0.05, 0.1) is 17.6 Å². The van der Waals surface area contributed by atoms with Gasteiger partial charge in [-0.3, -0.25) is 4.79 Å². The summed E-state index contributed by atoms with van der Waals surface area (Å²) < 4.78 is 9.29. The van der Waals surface area contributed by atoms with Gasteiger partial charge in [0.15, 0.2) is 0 Å². The molecule has 1 atom stereocenters. The van der Waals surface area contributed by atoms with Gasteiger partial charge in [-0.15, -0.1) is 0 Å². The average molecular weight is 504 g/mol. The molecule has 1 aliphatic rings. The van der Waals surface area contributed by atoms with Gasteiger partial charge in [-0.05, 0) is 67.4 Å². The molecule has 1 amide bonds. The van der Waals surface area contributed by atoms with E-state index < -0.39 is 0 Å². The van der Waals surface area contributed by atoms with Gasteiger partial charge < -0.3 is 14.2 Å². The minimum absolute atomic E-state index is 0.0325. The monoisotopic (exact) mass is 503 g/mol. The molecule has 1 aromatic heterocycles. The van der Waals surface area contributed by atoms with E-state index in [4.69, 9.17) is 9.72 Å². The third-order valence-corrected chi connectivity index (χ3v) is 6.57. The molecule has 1 fully saturated rings. The standard InChI is InChI=1S/C27H26BrN3O2/c1-18-12-19(2)14-23(13-18)33-11-10-30-25-9-4-3-8-24(25)29-27(30)20-15-26(32)31(17-20)22-7-5-6-21(28)16-22/h3-9,12-14,16,20H,10-11,15,17H2,1-2H3. The molecular weight excluding hydrogens is 478 g/mol. The van der Waals surface area contributed by atoms with E-state index in [1.54, 1.807) is 0 Å². The van der Waals surface area contributed by atoms with E-state index in [2.05, 4.69) is 58.6 Å². The summed E-state index contributed by atoms with van der Waals surface area (Å²) in [7, 11) is 0. The van der Waals surface area contributed by atoms with Crippen molar-refractivity contribution in [3.8, 4) is 5.75 Å². The van der Waals surface area contributed by atoms with Crippen molar-refractivity contribution in [3.05, 3.63) is 88.2 Å². The maximum atomic E-state index is 12.9. The van der Waals surface area contributed by atoms with Crippen LogP contribution in [0.1, 0.15) is 29.3 Å². The third kappa shape index (κ3) is 4.53. The highest BCUT2D eigenvalue weighted by Crippen LogP contribution is 2.34. The fraction of sp³-hybridized carbons (Fsp3) is 0.259. The first-order valence-corrected chi connectivity index (χ1v) is 12.0. The van der Waals surface area contributed by atoms with E-state index in [9.17, 15) is 4.79 Å². The molecule has 0 N–H and O–H groups in total. The number of nitrogens with zero attached hydrogens (tertiary/aromatic N) is 3. The van der Waals surface area contributed by atoms with E-state index in [-0.39, 0.29) is 11.8 Å². The molecule has 5 nitrogen and oxygen atoms in total. The Labute approximate surface area is 202 Å². The van der Waals surface area contributed by atoms with Gasteiger partial charge in [0, 0.05) is 29.0 Å². The number of aryl methyl sites for hydroxylation is 2. The fourth-order valence-corrected chi connectivity index (χ4v) is 5.07. The summed E-state index contributed by atoms with van der Waals surface area (Å²) >= 11 is 3.51. The molecule has 6 heteroatoms. The molecule has 1 unspecified atom stereocenters. The summed E-state index contributed by atoms with van der Waals surface area (Å²) in [5, 5.41) is 0. The van der Waals surface area contributed by atoms with E-state index in [1.807, 2.05) is 47.4 Å². The predicted molar refractivity (Wildman–Crippen MR) is 135 cm³/mol. The van der Waals surface area contributed by atoms with Crippen LogP contribution in [0.5, 0.6) is 5.75 Å². The van der Waals surface area contributed by atoms with Crippen molar-refractivity contribution in [2.45, 2.75) is 32.7 Å². The first-order valence-electron chi connectivity index (χ1n) is 11.2. The molecule has 168 valence electrons. The van der Waals surface area contributed by atoms with Crippen LogP contribution in [0.15, 0.2) is 71.2 Å². The molecule has 0 aliphatic carbocycles. The molecule has 4 aromatic rings. The molecule has 0 bridgehead atoms. The molecule has 0 radical (unpaired) electrons. The zero-order valence-corrected chi connectivity index (χ0v) is 20.4. The summed E-state index contributed by atoms with van der Waals surface area (Å²) in [6.45, 7) is 5.98. The summed E-state index contributed by atoms with van der Waals surface area (Å²) in [5.41, 5.74) is 5.32. The van der Waals surface area contributed by atoms with Crippen LogP contribution < -0.4 is 9.64 Å². The number of hydrogen-bond acceptors (Lipinski definition) is 3. The number of fused-ring (bicyclic) bond motifs is 1. The van der Waals surface area contributed by atoms with Crippen LogP contribution in [0.2, 0.25) is 0 Å². The first kappa shape index (κ1) is 21.7. The Morgan fingerprint density at radius 3 is 2.61 bits per heavy atom. The number of aromatic nitrogens is 2. The lowest BCUT2D eigenvalue weighted by Gasteiger charge is -2.18. The van der Waals surface area contributed by atoms with Gasteiger partial charge in [0.25, 0.3) is 0 Å². The number of carbonyl (C=O) groups is 1. The number of imidazole rings is 1. The average Bonchev–Trinajstić information content (AvgIpc) is 3.34. The quantitative estimate of drug-likeness (QED) is 0.323. The van der Waals surface area contributed by atoms with Crippen molar-refractivity contribution < 1.29 is 9.53 Å². The smallest absolute Gasteiger partial charge is 0.227 e. The molecule has 33 heavy (non-hydrogen) atoms. The molecular formula is C27H26BrN3O2. The van der Waals surface area contributed by atoms with Crippen molar-refractivity contribution in [1.29, 1.82) is 0 Å². The second-order valence-electron chi connectivity index (χ2n) is 8.67. The second-order valence-corrected chi connectivity index (χ2v) is 9.58. The molecule has 0 saturated carbocycles. The Kier molecular flexibility index (Phi) is 5.94. The molecule has 3 aromatic carbocycles. The lowest BCUT2D eigenvalue weighted by atomic mass is 10.1. The molecule has 1 saturated heterocycles. The van der Waals surface area contributed by atoms with Gasteiger partial charge >= 0.3 is 0 Å². The van der Waals surface area contributed by atoms with Crippen molar-refractivity contribution >= 4 is 38.6 Å². The topological polar surface area (TPSA) is 47.4 Å². The molecule has 5 rings (SSSR count). The highest BCUT2D eigenvalue weighted by Gasteiger charge is 2.34. The SMILES string of the molecule is Cc1cc(C)cc(OCCn2c(C3CC(=O)N(c4cccc(Br)c4)C3)nc3ccccc32)c1. The summed E-state index contributed by atoms with van der Waals surface area (Å²) in [6, 6.07) is 22.3.